The average molecular weight is 393 g/mol. The Morgan fingerprint density at radius 3 is 2.62 bits per heavy atom. The van der Waals surface area contributed by atoms with Crippen LogP contribution in [0.1, 0.15) is 17.7 Å². The van der Waals surface area contributed by atoms with E-state index >= 15 is 0 Å². The predicted octanol–water partition coefficient (Wildman–Crippen LogP) is 3.88. The van der Waals surface area contributed by atoms with Crippen molar-refractivity contribution in [1.29, 1.82) is 0 Å². The van der Waals surface area contributed by atoms with Crippen LogP contribution < -0.4 is 0 Å². The van der Waals surface area contributed by atoms with Gasteiger partial charge in [-0.3, -0.25) is 0 Å². The summed E-state index contributed by atoms with van der Waals surface area (Å²) in [6.07, 6.45) is -0.405. The molecule has 134 valence electrons. The monoisotopic (exact) mass is 393 g/mol. The van der Waals surface area contributed by atoms with Gasteiger partial charge in [0.15, 0.2) is 15.7 Å². The number of nitrogens with zero attached hydrogens (tertiary/aromatic N) is 3. The molecule has 0 bridgehead atoms. The Balaban J connectivity index is 1.93. The van der Waals surface area contributed by atoms with Gasteiger partial charge in [0.25, 0.3) is 6.43 Å². The Morgan fingerprint density at radius 1 is 1.19 bits per heavy atom. The van der Waals surface area contributed by atoms with E-state index in [2.05, 4.69) is 10.1 Å². The Bertz CT molecular complexity index is 1090. The predicted molar refractivity (Wildman–Crippen MR) is 94.4 cm³/mol. The van der Waals surface area contributed by atoms with Crippen molar-refractivity contribution >= 4 is 21.6 Å². The molecular weight excluding hydrogens is 380 g/mol. The molecule has 0 fully saturated rings. The number of hydrogen-bond donors (Lipinski definition) is 0. The molecule has 3 heterocycles. The number of sulfone groups is 1. The molecule has 1 aliphatic heterocycles. The third-order valence-corrected chi connectivity index (χ3v) is 6.30. The lowest BCUT2D eigenvalue weighted by molar-refractivity contribution is 0.144. The van der Waals surface area contributed by atoms with E-state index in [1.165, 1.54) is 34.8 Å². The van der Waals surface area contributed by atoms with Crippen LogP contribution in [0.2, 0.25) is 0 Å². The van der Waals surface area contributed by atoms with Crippen LogP contribution in [0.3, 0.4) is 0 Å². The van der Waals surface area contributed by atoms with Gasteiger partial charge >= 0.3 is 0 Å². The maximum atomic E-state index is 13.5. The number of halogens is 2. The number of benzene rings is 1. The Morgan fingerprint density at radius 2 is 1.96 bits per heavy atom. The maximum Gasteiger partial charge on any atom is 0.282 e. The molecule has 0 aliphatic carbocycles. The van der Waals surface area contributed by atoms with Crippen molar-refractivity contribution in [1.82, 2.24) is 14.8 Å². The molecule has 9 heteroatoms. The van der Waals surface area contributed by atoms with Crippen molar-refractivity contribution in [3.05, 3.63) is 53.9 Å². The fourth-order valence-corrected chi connectivity index (χ4v) is 4.52. The van der Waals surface area contributed by atoms with E-state index in [0.717, 1.165) is 16.7 Å². The number of alkyl halides is 2. The summed E-state index contributed by atoms with van der Waals surface area (Å²) in [6.45, 7) is 0. The largest absolute Gasteiger partial charge is 0.282 e. The van der Waals surface area contributed by atoms with Gasteiger partial charge in [-0.05, 0) is 18.2 Å². The van der Waals surface area contributed by atoms with E-state index in [-0.39, 0.29) is 10.6 Å². The van der Waals surface area contributed by atoms with Gasteiger partial charge in [-0.15, -0.1) is 11.8 Å². The minimum atomic E-state index is -3.39. The van der Waals surface area contributed by atoms with Gasteiger partial charge in [0, 0.05) is 34.2 Å². The number of thioether (sulfide) groups is 1. The fourth-order valence-electron chi connectivity index (χ4n) is 2.88. The molecule has 0 spiro atoms. The van der Waals surface area contributed by atoms with E-state index in [4.69, 9.17) is 0 Å². The van der Waals surface area contributed by atoms with E-state index in [1.807, 2.05) is 24.3 Å². The van der Waals surface area contributed by atoms with Crippen molar-refractivity contribution in [2.75, 3.05) is 6.26 Å². The van der Waals surface area contributed by atoms with Crippen LogP contribution in [0.25, 0.3) is 17.1 Å². The van der Waals surface area contributed by atoms with Gasteiger partial charge < -0.3 is 0 Å². The van der Waals surface area contributed by atoms with Gasteiger partial charge in [-0.2, -0.15) is 5.10 Å². The summed E-state index contributed by atoms with van der Waals surface area (Å²) in [4.78, 5) is 5.18. The van der Waals surface area contributed by atoms with Gasteiger partial charge in [0.05, 0.1) is 10.6 Å². The third kappa shape index (κ3) is 2.80. The Kier molecular flexibility index (Phi) is 4.07. The van der Waals surface area contributed by atoms with Crippen LogP contribution in [0, 0.1) is 0 Å². The first-order valence-electron chi connectivity index (χ1n) is 7.65. The summed E-state index contributed by atoms with van der Waals surface area (Å²) in [5, 5.41) is 4.09. The van der Waals surface area contributed by atoms with Gasteiger partial charge in [-0.25, -0.2) is 26.9 Å². The molecule has 0 atom stereocenters. The summed E-state index contributed by atoms with van der Waals surface area (Å²) in [5.74, 6) is 0.690. The Labute approximate surface area is 153 Å². The standard InChI is InChI=1S/C17H13F2N3O2S2/c1-26(23,24)10-6-7-14(20-8-10)22-16-11-4-2-3-5-13(11)25-9-12(16)15(21-22)17(18)19/h2-8,17H,9H2,1H3. The lowest BCUT2D eigenvalue weighted by atomic mass is 10.1. The molecule has 3 aromatic rings. The second-order valence-corrected chi connectivity index (χ2v) is 8.87. The first-order valence-corrected chi connectivity index (χ1v) is 10.5. The molecule has 0 saturated carbocycles. The molecule has 0 N–H and O–H groups in total. The van der Waals surface area contributed by atoms with E-state index in [0.29, 0.717) is 22.8 Å². The summed E-state index contributed by atoms with van der Waals surface area (Å²) in [7, 11) is -3.39. The number of fused-ring (bicyclic) bond motifs is 3. The number of hydrogen-bond acceptors (Lipinski definition) is 5. The van der Waals surface area contributed by atoms with Crippen LogP contribution in [-0.4, -0.2) is 29.4 Å². The van der Waals surface area contributed by atoms with Crippen LogP contribution in [0.15, 0.2) is 52.4 Å². The zero-order chi connectivity index (χ0) is 18.5. The topological polar surface area (TPSA) is 64.8 Å². The van der Waals surface area contributed by atoms with Gasteiger partial charge in [-0.1, -0.05) is 18.2 Å². The van der Waals surface area contributed by atoms with Crippen molar-refractivity contribution in [2.24, 2.45) is 0 Å². The summed E-state index contributed by atoms with van der Waals surface area (Å²) in [6, 6.07) is 10.4. The highest BCUT2D eigenvalue weighted by Crippen LogP contribution is 2.45. The van der Waals surface area contributed by atoms with Gasteiger partial charge in [0.1, 0.15) is 5.69 Å². The molecule has 1 aromatic carbocycles. The quantitative estimate of drug-likeness (QED) is 0.676. The number of aromatic nitrogens is 3. The molecule has 5 nitrogen and oxygen atoms in total. The molecule has 1 aliphatic rings. The minimum absolute atomic E-state index is 0.0623. The van der Waals surface area contributed by atoms with Crippen molar-refractivity contribution in [3.63, 3.8) is 0 Å². The first-order chi connectivity index (χ1) is 12.4. The van der Waals surface area contributed by atoms with E-state index < -0.39 is 16.3 Å². The van der Waals surface area contributed by atoms with Gasteiger partial charge in [0.2, 0.25) is 0 Å². The smallest absolute Gasteiger partial charge is 0.236 e. The molecule has 2 aromatic heterocycles. The second kappa shape index (κ2) is 6.17. The average Bonchev–Trinajstić information content (AvgIpc) is 3.01. The molecule has 0 unspecified atom stereocenters. The highest BCUT2D eigenvalue weighted by molar-refractivity contribution is 7.98. The fraction of sp³-hybridized carbons (Fsp3) is 0.176. The van der Waals surface area contributed by atoms with Crippen LogP contribution in [-0.2, 0) is 15.6 Å². The second-order valence-electron chi connectivity index (χ2n) is 5.83. The van der Waals surface area contributed by atoms with E-state index in [9.17, 15) is 17.2 Å². The number of pyridine rings is 1. The minimum Gasteiger partial charge on any atom is -0.236 e. The molecule has 0 amide bonds. The van der Waals surface area contributed by atoms with Crippen LogP contribution >= 0.6 is 11.8 Å². The first kappa shape index (κ1) is 17.2. The lowest BCUT2D eigenvalue weighted by Gasteiger charge is -2.18. The lowest BCUT2D eigenvalue weighted by Crippen LogP contribution is -2.06. The maximum absolute atomic E-state index is 13.5. The highest BCUT2D eigenvalue weighted by Gasteiger charge is 2.30. The zero-order valence-electron chi connectivity index (χ0n) is 13.6. The molecule has 26 heavy (non-hydrogen) atoms. The van der Waals surface area contributed by atoms with Crippen molar-refractivity contribution < 1.29 is 17.2 Å². The molecule has 0 radical (unpaired) electrons. The zero-order valence-corrected chi connectivity index (χ0v) is 15.2. The normalized spacial score (nSPS) is 13.5. The highest BCUT2D eigenvalue weighted by atomic mass is 32.2. The number of rotatable bonds is 3. The third-order valence-electron chi connectivity index (χ3n) is 4.10. The van der Waals surface area contributed by atoms with Crippen LogP contribution in [0.5, 0.6) is 0 Å². The van der Waals surface area contributed by atoms with Crippen molar-refractivity contribution in [2.45, 2.75) is 22.0 Å². The Hall–Kier alpha value is -2.26. The molecule has 4 rings (SSSR count). The van der Waals surface area contributed by atoms with E-state index in [1.54, 1.807) is 0 Å². The molecule has 0 saturated heterocycles. The SMILES string of the molecule is CS(=O)(=O)c1ccc(-n2nc(C(F)F)c3c2-c2ccccc2SC3)nc1. The van der Waals surface area contributed by atoms with Crippen LogP contribution in [0.4, 0.5) is 8.78 Å². The molecular formula is C17H13F2N3O2S2. The summed E-state index contributed by atoms with van der Waals surface area (Å²) < 4.78 is 51.6. The summed E-state index contributed by atoms with van der Waals surface area (Å²) in [5.41, 5.74) is 1.61. The van der Waals surface area contributed by atoms with Crippen molar-refractivity contribution in [3.8, 4) is 17.1 Å². The summed E-state index contributed by atoms with van der Waals surface area (Å²) >= 11 is 1.49.